The fourth-order valence-electron chi connectivity index (χ4n) is 2.30. The second kappa shape index (κ2) is 6.87. The number of halogens is 1. The summed E-state index contributed by atoms with van der Waals surface area (Å²) in [5, 5.41) is 3.22. The Morgan fingerprint density at radius 2 is 2.13 bits per heavy atom. The third-order valence-electron chi connectivity index (χ3n) is 3.41. The molecule has 3 rings (SSSR count). The van der Waals surface area contributed by atoms with E-state index in [1.165, 1.54) is 0 Å². The third-order valence-corrected chi connectivity index (χ3v) is 3.69. The Balaban J connectivity index is 1.72. The molecule has 0 radical (unpaired) electrons. The predicted octanol–water partition coefficient (Wildman–Crippen LogP) is 3.39. The van der Waals surface area contributed by atoms with Crippen molar-refractivity contribution >= 4 is 23.3 Å². The van der Waals surface area contributed by atoms with Crippen LogP contribution in [0.5, 0.6) is 11.5 Å². The molecule has 0 saturated carbocycles. The van der Waals surface area contributed by atoms with Gasteiger partial charge in [-0.3, -0.25) is 4.79 Å². The first kappa shape index (κ1) is 15.6. The molecule has 2 heterocycles. The lowest BCUT2D eigenvalue weighted by atomic mass is 10.1. The number of amides is 1. The molecule has 1 aliphatic rings. The van der Waals surface area contributed by atoms with E-state index in [9.17, 15) is 4.79 Å². The number of benzene rings is 1. The van der Waals surface area contributed by atoms with Gasteiger partial charge in [0.05, 0.1) is 24.7 Å². The number of carbonyl (C=O) groups excluding carboxylic acids is 1. The number of anilines is 1. The van der Waals surface area contributed by atoms with Crippen LogP contribution < -0.4 is 14.8 Å². The first-order valence-electron chi connectivity index (χ1n) is 7.42. The highest BCUT2D eigenvalue weighted by Gasteiger charge is 2.17. The van der Waals surface area contributed by atoms with E-state index in [2.05, 4.69) is 10.3 Å². The molecule has 0 saturated heterocycles. The first-order valence-corrected chi connectivity index (χ1v) is 7.80. The lowest BCUT2D eigenvalue weighted by Gasteiger charge is -2.11. The smallest absolute Gasteiger partial charge is 0.229 e. The minimum Gasteiger partial charge on any atom is -0.489 e. The fraction of sp³-hybridized carbons (Fsp3) is 0.294. The van der Waals surface area contributed by atoms with Crippen molar-refractivity contribution in [3.8, 4) is 11.5 Å². The number of pyridine rings is 1. The highest BCUT2D eigenvalue weighted by molar-refractivity contribution is 6.32. The van der Waals surface area contributed by atoms with Crippen LogP contribution in [-0.4, -0.2) is 24.1 Å². The van der Waals surface area contributed by atoms with E-state index >= 15 is 0 Å². The van der Waals surface area contributed by atoms with Crippen molar-refractivity contribution in [1.29, 1.82) is 0 Å². The van der Waals surface area contributed by atoms with Gasteiger partial charge in [0.25, 0.3) is 0 Å². The Kier molecular flexibility index (Phi) is 4.67. The standard InChI is InChI=1S/C17H17ClN2O3/c1-11-3-4-15(19-10-11)20-16(21)9-12-7-13(18)17-14(8-12)22-5-2-6-23-17/h3-4,7-8,10H,2,5-6,9H2,1H3,(H,19,20,21). The Hall–Kier alpha value is -2.27. The Morgan fingerprint density at radius 3 is 2.91 bits per heavy atom. The summed E-state index contributed by atoms with van der Waals surface area (Å²) >= 11 is 6.23. The van der Waals surface area contributed by atoms with Gasteiger partial charge in [0.2, 0.25) is 5.91 Å². The molecule has 1 amide bonds. The SMILES string of the molecule is Cc1ccc(NC(=O)Cc2cc(Cl)c3c(c2)OCCCO3)nc1. The van der Waals surface area contributed by atoms with Crippen LogP contribution in [0.4, 0.5) is 5.82 Å². The van der Waals surface area contributed by atoms with Gasteiger partial charge in [0.1, 0.15) is 5.82 Å². The molecular formula is C17H17ClN2O3. The summed E-state index contributed by atoms with van der Waals surface area (Å²) in [4.78, 5) is 16.3. The number of nitrogens with zero attached hydrogens (tertiary/aromatic N) is 1. The summed E-state index contributed by atoms with van der Waals surface area (Å²) in [5.41, 5.74) is 1.81. The predicted molar refractivity (Wildman–Crippen MR) is 88.4 cm³/mol. The average Bonchev–Trinajstić information content (AvgIpc) is 2.75. The minimum absolute atomic E-state index is 0.160. The van der Waals surface area contributed by atoms with E-state index in [0.717, 1.165) is 17.5 Å². The maximum Gasteiger partial charge on any atom is 0.229 e. The summed E-state index contributed by atoms with van der Waals surface area (Å²) in [6.45, 7) is 3.09. The lowest BCUT2D eigenvalue weighted by Crippen LogP contribution is -2.15. The summed E-state index contributed by atoms with van der Waals surface area (Å²) in [5.74, 6) is 1.51. The average molecular weight is 333 g/mol. The molecule has 1 aromatic carbocycles. The van der Waals surface area contributed by atoms with Crippen LogP contribution in [0.1, 0.15) is 17.5 Å². The Labute approximate surface area is 139 Å². The van der Waals surface area contributed by atoms with Crippen molar-refractivity contribution in [3.63, 3.8) is 0 Å². The molecular weight excluding hydrogens is 316 g/mol. The summed E-state index contributed by atoms with van der Waals surface area (Å²) < 4.78 is 11.2. The fourth-order valence-corrected chi connectivity index (χ4v) is 2.59. The van der Waals surface area contributed by atoms with Crippen molar-refractivity contribution in [2.75, 3.05) is 18.5 Å². The van der Waals surface area contributed by atoms with Crippen LogP contribution in [0.3, 0.4) is 0 Å². The van der Waals surface area contributed by atoms with Gasteiger partial charge in [0, 0.05) is 12.6 Å². The number of hydrogen-bond acceptors (Lipinski definition) is 4. The van der Waals surface area contributed by atoms with E-state index in [4.69, 9.17) is 21.1 Å². The molecule has 0 spiro atoms. The first-order chi connectivity index (χ1) is 11.1. The number of hydrogen-bond donors (Lipinski definition) is 1. The van der Waals surface area contributed by atoms with Crippen molar-refractivity contribution in [2.24, 2.45) is 0 Å². The van der Waals surface area contributed by atoms with Gasteiger partial charge in [-0.15, -0.1) is 0 Å². The van der Waals surface area contributed by atoms with Gasteiger partial charge in [0.15, 0.2) is 11.5 Å². The maximum absolute atomic E-state index is 12.1. The van der Waals surface area contributed by atoms with Crippen LogP contribution in [0.2, 0.25) is 5.02 Å². The van der Waals surface area contributed by atoms with Gasteiger partial charge in [-0.25, -0.2) is 4.98 Å². The zero-order valence-corrected chi connectivity index (χ0v) is 13.5. The minimum atomic E-state index is -0.160. The second-order valence-electron chi connectivity index (χ2n) is 5.40. The monoisotopic (exact) mass is 332 g/mol. The molecule has 23 heavy (non-hydrogen) atoms. The number of aromatic nitrogens is 1. The van der Waals surface area contributed by atoms with Gasteiger partial charge >= 0.3 is 0 Å². The van der Waals surface area contributed by atoms with Crippen molar-refractivity contribution in [1.82, 2.24) is 4.98 Å². The van der Waals surface area contributed by atoms with E-state index in [0.29, 0.717) is 35.6 Å². The molecule has 0 atom stereocenters. The summed E-state index contributed by atoms with van der Waals surface area (Å²) in [6, 6.07) is 7.20. The Bertz CT molecular complexity index is 717. The number of aryl methyl sites for hydroxylation is 1. The maximum atomic E-state index is 12.1. The quantitative estimate of drug-likeness (QED) is 0.936. The van der Waals surface area contributed by atoms with Crippen LogP contribution in [0.25, 0.3) is 0 Å². The lowest BCUT2D eigenvalue weighted by molar-refractivity contribution is -0.115. The topological polar surface area (TPSA) is 60.5 Å². The van der Waals surface area contributed by atoms with Crippen LogP contribution in [-0.2, 0) is 11.2 Å². The highest BCUT2D eigenvalue weighted by Crippen LogP contribution is 2.38. The van der Waals surface area contributed by atoms with E-state index in [1.807, 2.05) is 13.0 Å². The zero-order valence-electron chi connectivity index (χ0n) is 12.8. The molecule has 1 aliphatic heterocycles. The van der Waals surface area contributed by atoms with Crippen molar-refractivity contribution in [2.45, 2.75) is 19.8 Å². The Morgan fingerprint density at radius 1 is 1.30 bits per heavy atom. The number of rotatable bonds is 3. The molecule has 6 heteroatoms. The molecule has 1 N–H and O–H groups in total. The zero-order chi connectivity index (χ0) is 16.2. The highest BCUT2D eigenvalue weighted by atomic mass is 35.5. The number of ether oxygens (including phenoxy) is 2. The second-order valence-corrected chi connectivity index (χ2v) is 5.81. The molecule has 0 bridgehead atoms. The van der Waals surface area contributed by atoms with Gasteiger partial charge in [-0.05, 0) is 36.2 Å². The van der Waals surface area contributed by atoms with Gasteiger partial charge in [-0.1, -0.05) is 17.7 Å². The molecule has 120 valence electrons. The molecule has 0 fully saturated rings. The molecule has 0 aliphatic carbocycles. The number of fused-ring (bicyclic) bond motifs is 1. The van der Waals surface area contributed by atoms with Crippen LogP contribution in [0.15, 0.2) is 30.5 Å². The molecule has 2 aromatic rings. The molecule has 5 nitrogen and oxygen atoms in total. The van der Waals surface area contributed by atoms with Crippen molar-refractivity contribution in [3.05, 3.63) is 46.6 Å². The summed E-state index contributed by atoms with van der Waals surface area (Å²) in [7, 11) is 0. The molecule has 0 unspecified atom stereocenters. The normalized spacial score (nSPS) is 13.3. The third kappa shape index (κ3) is 3.93. The van der Waals surface area contributed by atoms with Gasteiger partial charge < -0.3 is 14.8 Å². The largest absolute Gasteiger partial charge is 0.489 e. The molecule has 1 aromatic heterocycles. The summed E-state index contributed by atoms with van der Waals surface area (Å²) in [6.07, 6.45) is 2.70. The van der Waals surface area contributed by atoms with Crippen molar-refractivity contribution < 1.29 is 14.3 Å². The van der Waals surface area contributed by atoms with Crippen LogP contribution >= 0.6 is 11.6 Å². The number of nitrogens with one attached hydrogen (secondary N) is 1. The van der Waals surface area contributed by atoms with E-state index in [-0.39, 0.29) is 12.3 Å². The van der Waals surface area contributed by atoms with E-state index in [1.54, 1.807) is 24.4 Å². The van der Waals surface area contributed by atoms with Crippen LogP contribution in [0, 0.1) is 6.92 Å². The van der Waals surface area contributed by atoms with E-state index < -0.39 is 0 Å². The number of carbonyl (C=O) groups is 1. The van der Waals surface area contributed by atoms with Gasteiger partial charge in [-0.2, -0.15) is 0 Å².